The molecule has 6 nitrogen and oxygen atoms in total. The van der Waals surface area contributed by atoms with Crippen LogP contribution in [-0.4, -0.2) is 48.3 Å². The van der Waals surface area contributed by atoms with E-state index in [1.165, 1.54) is 4.31 Å². The third-order valence-electron chi connectivity index (χ3n) is 5.56. The lowest BCUT2D eigenvalue weighted by atomic mass is 9.88. The summed E-state index contributed by atoms with van der Waals surface area (Å²) in [5.41, 5.74) is 0. The normalized spacial score (nSPS) is 21.1. The standard InChI is InChI=1S/C15H31NO5S2/c1-5-14(4,13-15(6-2,7-3)23(19,20)21)22(17,18)16-11-9-8-10-12-16/h5-13H2,1-4H3,(H,19,20,21). The average Bonchev–Trinajstić information content (AvgIpc) is 2.51. The molecule has 0 spiro atoms. The van der Waals surface area contributed by atoms with E-state index in [2.05, 4.69) is 0 Å². The van der Waals surface area contributed by atoms with Gasteiger partial charge in [0, 0.05) is 13.1 Å². The molecule has 8 heteroatoms. The van der Waals surface area contributed by atoms with Crippen LogP contribution in [0.2, 0.25) is 0 Å². The van der Waals surface area contributed by atoms with Crippen LogP contribution in [0.25, 0.3) is 0 Å². The van der Waals surface area contributed by atoms with Crippen LogP contribution in [0.15, 0.2) is 0 Å². The number of nitrogens with zero attached hydrogens (tertiary/aromatic N) is 1. The van der Waals surface area contributed by atoms with Crippen molar-refractivity contribution in [3.05, 3.63) is 0 Å². The fraction of sp³-hybridized carbons (Fsp3) is 1.00. The molecule has 0 amide bonds. The van der Waals surface area contributed by atoms with Crippen molar-refractivity contribution in [2.24, 2.45) is 0 Å². The van der Waals surface area contributed by atoms with Crippen molar-refractivity contribution in [1.29, 1.82) is 0 Å². The molecule has 1 aliphatic rings. The summed E-state index contributed by atoms with van der Waals surface area (Å²) in [5.74, 6) is 0. The number of rotatable bonds is 8. The lowest BCUT2D eigenvalue weighted by Gasteiger charge is -2.41. The summed E-state index contributed by atoms with van der Waals surface area (Å²) in [6.07, 6.45) is 3.30. The second-order valence-corrected chi connectivity index (χ2v) is 11.1. The van der Waals surface area contributed by atoms with Gasteiger partial charge in [0.05, 0.1) is 9.49 Å². The monoisotopic (exact) mass is 369 g/mol. The van der Waals surface area contributed by atoms with Crippen molar-refractivity contribution in [2.45, 2.75) is 82.1 Å². The van der Waals surface area contributed by atoms with E-state index >= 15 is 0 Å². The van der Waals surface area contributed by atoms with E-state index in [1.54, 1.807) is 27.7 Å². The Morgan fingerprint density at radius 1 is 0.913 bits per heavy atom. The first-order valence-corrected chi connectivity index (χ1v) is 11.3. The number of piperidine rings is 1. The van der Waals surface area contributed by atoms with Crippen molar-refractivity contribution in [3.63, 3.8) is 0 Å². The predicted octanol–water partition coefficient (Wildman–Crippen LogP) is 2.81. The third-order valence-corrected chi connectivity index (χ3v) is 10.1. The first-order chi connectivity index (χ1) is 10.5. The predicted molar refractivity (Wildman–Crippen MR) is 92.5 cm³/mol. The molecule has 1 heterocycles. The minimum atomic E-state index is -4.34. The van der Waals surface area contributed by atoms with Crippen molar-refractivity contribution < 1.29 is 21.4 Å². The zero-order valence-corrected chi connectivity index (χ0v) is 16.3. The topological polar surface area (TPSA) is 91.8 Å². The molecule has 1 fully saturated rings. The van der Waals surface area contributed by atoms with Crippen molar-refractivity contribution in [3.8, 4) is 0 Å². The third kappa shape index (κ3) is 3.91. The maximum atomic E-state index is 13.1. The summed E-state index contributed by atoms with van der Waals surface area (Å²) in [5, 5.41) is 0. The van der Waals surface area contributed by atoms with Gasteiger partial charge in [-0.05, 0) is 45.4 Å². The molecular weight excluding hydrogens is 338 g/mol. The lowest BCUT2D eigenvalue weighted by Crippen LogP contribution is -2.53. The highest BCUT2D eigenvalue weighted by atomic mass is 32.2. The number of hydrogen-bond acceptors (Lipinski definition) is 4. The highest BCUT2D eigenvalue weighted by molar-refractivity contribution is 7.90. The number of hydrogen-bond donors (Lipinski definition) is 1. The molecule has 1 aliphatic heterocycles. The molecule has 1 rings (SSSR count). The molecule has 0 aliphatic carbocycles. The van der Waals surface area contributed by atoms with E-state index in [4.69, 9.17) is 0 Å². The summed E-state index contributed by atoms with van der Waals surface area (Å²) in [4.78, 5) is 0. The van der Waals surface area contributed by atoms with Crippen LogP contribution in [-0.2, 0) is 20.1 Å². The van der Waals surface area contributed by atoms with Crippen molar-refractivity contribution in [1.82, 2.24) is 4.31 Å². The Bertz CT molecular complexity index is 589. The van der Waals surface area contributed by atoms with E-state index in [0.717, 1.165) is 19.3 Å². The van der Waals surface area contributed by atoms with Gasteiger partial charge in [-0.25, -0.2) is 12.7 Å². The highest BCUT2D eigenvalue weighted by Crippen LogP contribution is 2.41. The molecule has 138 valence electrons. The minimum absolute atomic E-state index is 0.0822. The maximum absolute atomic E-state index is 13.1. The lowest BCUT2D eigenvalue weighted by molar-refractivity contribution is 0.308. The smallest absolute Gasteiger partial charge is 0.270 e. The van der Waals surface area contributed by atoms with Gasteiger partial charge in [0.2, 0.25) is 10.0 Å². The Morgan fingerprint density at radius 2 is 1.39 bits per heavy atom. The van der Waals surface area contributed by atoms with Gasteiger partial charge >= 0.3 is 0 Å². The van der Waals surface area contributed by atoms with E-state index in [1.807, 2.05) is 0 Å². The molecule has 0 radical (unpaired) electrons. The second kappa shape index (κ2) is 7.37. The molecule has 0 aromatic rings. The Kier molecular flexibility index (Phi) is 6.69. The van der Waals surface area contributed by atoms with Crippen LogP contribution in [0.5, 0.6) is 0 Å². The second-order valence-electron chi connectivity index (χ2n) is 6.81. The van der Waals surface area contributed by atoms with Crippen LogP contribution in [0, 0.1) is 0 Å². The van der Waals surface area contributed by atoms with Crippen LogP contribution in [0.4, 0.5) is 0 Å². The van der Waals surface area contributed by atoms with Crippen LogP contribution < -0.4 is 0 Å². The van der Waals surface area contributed by atoms with Gasteiger partial charge in [0.1, 0.15) is 0 Å². The molecule has 0 aromatic carbocycles. The first-order valence-electron chi connectivity index (χ1n) is 8.46. The van der Waals surface area contributed by atoms with Crippen LogP contribution in [0.3, 0.4) is 0 Å². The van der Waals surface area contributed by atoms with Crippen molar-refractivity contribution >= 4 is 20.1 Å². The number of sulfonamides is 1. The molecule has 23 heavy (non-hydrogen) atoms. The zero-order valence-electron chi connectivity index (χ0n) is 14.7. The molecule has 1 saturated heterocycles. The SMILES string of the molecule is CCC(CC)(CC(C)(CC)S(=O)(=O)N1CCCCC1)S(=O)(=O)O. The summed E-state index contributed by atoms with van der Waals surface area (Å²) in [6, 6.07) is 0. The van der Waals surface area contributed by atoms with E-state index in [-0.39, 0.29) is 19.3 Å². The molecule has 0 saturated carbocycles. The largest absolute Gasteiger partial charge is 0.285 e. The Hall–Kier alpha value is -0.180. The van der Waals surface area contributed by atoms with Crippen LogP contribution >= 0.6 is 0 Å². The Labute approximate surface area is 141 Å². The van der Waals surface area contributed by atoms with Gasteiger partial charge in [-0.2, -0.15) is 8.42 Å². The molecule has 1 atom stereocenters. The van der Waals surface area contributed by atoms with Gasteiger partial charge in [0.15, 0.2) is 0 Å². The molecule has 1 N–H and O–H groups in total. The van der Waals surface area contributed by atoms with Crippen LogP contribution in [0.1, 0.15) is 72.6 Å². The van der Waals surface area contributed by atoms with E-state index < -0.39 is 29.6 Å². The summed E-state index contributed by atoms with van der Waals surface area (Å²) in [7, 11) is -7.97. The Morgan fingerprint density at radius 3 is 1.74 bits per heavy atom. The highest BCUT2D eigenvalue weighted by Gasteiger charge is 2.51. The van der Waals surface area contributed by atoms with Gasteiger partial charge in [-0.15, -0.1) is 0 Å². The molecule has 1 unspecified atom stereocenters. The maximum Gasteiger partial charge on any atom is 0.270 e. The fourth-order valence-corrected chi connectivity index (χ4v) is 6.96. The summed E-state index contributed by atoms with van der Waals surface area (Å²) < 4.78 is 58.8. The molecule has 0 aromatic heterocycles. The Balaban J connectivity index is 3.27. The summed E-state index contributed by atoms with van der Waals surface area (Å²) >= 11 is 0. The van der Waals surface area contributed by atoms with E-state index in [9.17, 15) is 21.4 Å². The average molecular weight is 370 g/mol. The van der Waals surface area contributed by atoms with Crippen molar-refractivity contribution in [2.75, 3.05) is 13.1 Å². The fourth-order valence-electron chi connectivity index (χ4n) is 3.45. The van der Waals surface area contributed by atoms with Gasteiger partial charge < -0.3 is 0 Å². The van der Waals surface area contributed by atoms with E-state index in [0.29, 0.717) is 19.5 Å². The quantitative estimate of drug-likeness (QED) is 0.664. The molecular formula is C15H31NO5S2. The zero-order chi connectivity index (χ0) is 17.9. The summed E-state index contributed by atoms with van der Waals surface area (Å²) in [6.45, 7) is 7.73. The first kappa shape index (κ1) is 20.9. The van der Waals surface area contributed by atoms with Gasteiger partial charge in [-0.1, -0.05) is 27.2 Å². The van der Waals surface area contributed by atoms with Gasteiger partial charge in [0.25, 0.3) is 10.1 Å². The van der Waals surface area contributed by atoms with Gasteiger partial charge in [-0.3, -0.25) is 4.55 Å². The minimum Gasteiger partial charge on any atom is -0.285 e. The molecule has 0 bridgehead atoms.